The summed E-state index contributed by atoms with van der Waals surface area (Å²) in [5.41, 5.74) is 1.37. The summed E-state index contributed by atoms with van der Waals surface area (Å²) in [5, 5.41) is 9.47. The molecule has 2 aromatic carbocycles. The number of ether oxygens (including phenoxy) is 1. The number of carboxylic acid groups (broad SMARTS) is 1. The normalized spacial score (nSPS) is 18.2. The van der Waals surface area contributed by atoms with Gasteiger partial charge in [0.05, 0.1) is 17.6 Å². The minimum atomic E-state index is -1.08. The monoisotopic (exact) mass is 378 g/mol. The van der Waals surface area contributed by atoms with Crippen LogP contribution in [0, 0.1) is 0 Å². The molecule has 1 heterocycles. The topological polar surface area (TPSA) is 76.7 Å². The predicted molar refractivity (Wildman–Crippen MR) is 106 cm³/mol. The molecule has 0 spiro atoms. The highest BCUT2D eigenvalue weighted by atomic mass is 16.5. The van der Waals surface area contributed by atoms with Crippen molar-refractivity contribution < 1.29 is 19.1 Å². The second kappa shape index (κ2) is 7.50. The van der Waals surface area contributed by atoms with Gasteiger partial charge in [-0.15, -0.1) is 0 Å². The number of carboxylic acids is 1. The molecule has 1 saturated carbocycles. The Morgan fingerprint density at radius 3 is 2.68 bits per heavy atom. The van der Waals surface area contributed by atoms with E-state index in [-0.39, 0.29) is 28.0 Å². The molecule has 28 heavy (non-hydrogen) atoms. The summed E-state index contributed by atoms with van der Waals surface area (Å²) in [6.45, 7) is 2.49. The first-order valence-electron chi connectivity index (χ1n) is 9.62. The summed E-state index contributed by atoms with van der Waals surface area (Å²) in [5.74, 6) is 0.117. The van der Waals surface area contributed by atoms with Gasteiger partial charge < -0.3 is 14.3 Å². The Labute approximate surface area is 162 Å². The van der Waals surface area contributed by atoms with E-state index in [1.165, 1.54) is 17.7 Å². The van der Waals surface area contributed by atoms with E-state index in [0.717, 1.165) is 19.3 Å². The summed E-state index contributed by atoms with van der Waals surface area (Å²) in [4.78, 5) is 24.4. The molecular weight excluding hydrogens is 356 g/mol. The lowest BCUT2D eigenvalue weighted by Crippen LogP contribution is -2.13. The molecule has 1 aromatic heterocycles. The van der Waals surface area contributed by atoms with Crippen molar-refractivity contribution in [1.82, 2.24) is 0 Å². The van der Waals surface area contributed by atoms with Crippen molar-refractivity contribution >= 4 is 16.9 Å². The van der Waals surface area contributed by atoms with Gasteiger partial charge in [0.25, 0.3) is 0 Å². The maximum atomic E-state index is 13.1. The maximum Gasteiger partial charge on any atom is 0.335 e. The molecule has 0 bridgehead atoms. The van der Waals surface area contributed by atoms with E-state index in [4.69, 9.17) is 9.15 Å². The zero-order valence-corrected chi connectivity index (χ0v) is 15.7. The minimum Gasteiger partial charge on any atom is -0.486 e. The summed E-state index contributed by atoms with van der Waals surface area (Å²) in [6, 6.07) is 14.5. The van der Waals surface area contributed by atoms with Crippen molar-refractivity contribution in [3.8, 4) is 5.75 Å². The largest absolute Gasteiger partial charge is 0.486 e. The first-order chi connectivity index (χ1) is 13.6. The molecule has 0 unspecified atom stereocenters. The van der Waals surface area contributed by atoms with Crippen LogP contribution in [0.2, 0.25) is 0 Å². The van der Waals surface area contributed by atoms with Crippen LogP contribution in [0.15, 0.2) is 57.7 Å². The fourth-order valence-electron chi connectivity index (χ4n) is 3.58. The molecule has 0 radical (unpaired) electrons. The second-order valence-corrected chi connectivity index (χ2v) is 7.20. The van der Waals surface area contributed by atoms with Crippen LogP contribution in [0.1, 0.15) is 59.7 Å². The van der Waals surface area contributed by atoms with E-state index in [1.807, 2.05) is 18.2 Å². The standard InChI is InChI=1S/C23H22O5/c1-2-3-11-27-22-20(24)18-12-15(23(25)26)9-10-19(18)28-21(22)17-13-16(17)14-7-5-4-6-8-14/h4-10,12,16-17H,2-3,11,13H2,1H3,(H,25,26)/t16-,17+/m0/s1. The van der Waals surface area contributed by atoms with Gasteiger partial charge in [-0.25, -0.2) is 4.79 Å². The van der Waals surface area contributed by atoms with Gasteiger partial charge >= 0.3 is 5.97 Å². The van der Waals surface area contributed by atoms with Gasteiger partial charge in [-0.05, 0) is 42.5 Å². The summed E-state index contributed by atoms with van der Waals surface area (Å²) in [7, 11) is 0. The fourth-order valence-corrected chi connectivity index (χ4v) is 3.58. The highest BCUT2D eigenvalue weighted by molar-refractivity contribution is 5.93. The van der Waals surface area contributed by atoms with Crippen LogP contribution >= 0.6 is 0 Å². The van der Waals surface area contributed by atoms with Crippen LogP contribution in [0.25, 0.3) is 11.0 Å². The Balaban J connectivity index is 1.78. The summed E-state index contributed by atoms with van der Waals surface area (Å²) >= 11 is 0. The van der Waals surface area contributed by atoms with E-state index in [2.05, 4.69) is 19.1 Å². The molecule has 4 rings (SSSR count). The quantitative estimate of drug-likeness (QED) is 0.589. The van der Waals surface area contributed by atoms with Crippen molar-refractivity contribution in [2.75, 3.05) is 6.61 Å². The lowest BCUT2D eigenvalue weighted by molar-refractivity contribution is 0.0697. The summed E-state index contributed by atoms with van der Waals surface area (Å²) in [6.07, 6.45) is 2.68. The molecule has 1 aliphatic rings. The third-order valence-electron chi connectivity index (χ3n) is 5.22. The number of hydrogen-bond donors (Lipinski definition) is 1. The van der Waals surface area contributed by atoms with Gasteiger partial charge in [0, 0.05) is 5.92 Å². The molecule has 0 aliphatic heterocycles. The zero-order chi connectivity index (χ0) is 19.7. The third-order valence-corrected chi connectivity index (χ3v) is 5.22. The highest BCUT2D eigenvalue weighted by Crippen LogP contribution is 2.56. The second-order valence-electron chi connectivity index (χ2n) is 7.20. The number of fused-ring (bicyclic) bond motifs is 1. The minimum absolute atomic E-state index is 0.0562. The Morgan fingerprint density at radius 2 is 1.96 bits per heavy atom. The molecule has 3 aromatic rings. The predicted octanol–water partition coefficient (Wildman–Crippen LogP) is 4.94. The van der Waals surface area contributed by atoms with Crippen LogP contribution in [0.5, 0.6) is 5.75 Å². The molecule has 5 nitrogen and oxygen atoms in total. The fraction of sp³-hybridized carbons (Fsp3) is 0.304. The van der Waals surface area contributed by atoms with Crippen molar-refractivity contribution in [2.45, 2.75) is 38.0 Å². The molecule has 5 heteroatoms. The van der Waals surface area contributed by atoms with Gasteiger partial charge in [-0.1, -0.05) is 43.7 Å². The number of carbonyl (C=O) groups is 1. The van der Waals surface area contributed by atoms with Crippen LogP contribution in [0.4, 0.5) is 0 Å². The Morgan fingerprint density at radius 1 is 1.18 bits per heavy atom. The molecule has 1 N–H and O–H groups in total. The van der Waals surface area contributed by atoms with Crippen LogP contribution in [-0.4, -0.2) is 17.7 Å². The zero-order valence-electron chi connectivity index (χ0n) is 15.7. The van der Waals surface area contributed by atoms with Crippen molar-refractivity contribution in [3.63, 3.8) is 0 Å². The highest BCUT2D eigenvalue weighted by Gasteiger charge is 2.44. The van der Waals surface area contributed by atoms with E-state index >= 15 is 0 Å². The number of aromatic carboxylic acids is 1. The molecule has 2 atom stereocenters. The first kappa shape index (κ1) is 18.3. The van der Waals surface area contributed by atoms with Crippen molar-refractivity contribution in [2.24, 2.45) is 0 Å². The maximum absolute atomic E-state index is 13.1. The smallest absolute Gasteiger partial charge is 0.335 e. The van der Waals surface area contributed by atoms with Crippen molar-refractivity contribution in [1.29, 1.82) is 0 Å². The molecule has 0 saturated heterocycles. The van der Waals surface area contributed by atoms with E-state index in [0.29, 0.717) is 23.9 Å². The van der Waals surface area contributed by atoms with Gasteiger partial charge in [0.15, 0.2) is 5.76 Å². The van der Waals surface area contributed by atoms with Crippen LogP contribution in [-0.2, 0) is 0 Å². The van der Waals surface area contributed by atoms with Crippen LogP contribution < -0.4 is 10.2 Å². The first-order valence-corrected chi connectivity index (χ1v) is 9.62. The van der Waals surface area contributed by atoms with Gasteiger partial charge in [-0.3, -0.25) is 4.79 Å². The van der Waals surface area contributed by atoms with E-state index in [1.54, 1.807) is 6.07 Å². The van der Waals surface area contributed by atoms with E-state index in [9.17, 15) is 14.7 Å². The Kier molecular flexibility index (Phi) is 4.90. The van der Waals surface area contributed by atoms with Gasteiger partial charge in [0.2, 0.25) is 11.2 Å². The lowest BCUT2D eigenvalue weighted by atomic mass is 10.1. The summed E-state index contributed by atoms with van der Waals surface area (Å²) < 4.78 is 11.9. The van der Waals surface area contributed by atoms with Crippen molar-refractivity contribution in [3.05, 3.63) is 75.6 Å². The third kappa shape index (κ3) is 3.40. The Bertz CT molecular complexity index is 1070. The van der Waals surface area contributed by atoms with Gasteiger partial charge in [0.1, 0.15) is 5.58 Å². The number of rotatable bonds is 7. The van der Waals surface area contributed by atoms with Crippen LogP contribution in [0.3, 0.4) is 0 Å². The molecule has 0 amide bonds. The Hall–Kier alpha value is -3.08. The molecule has 144 valence electrons. The number of hydrogen-bond acceptors (Lipinski definition) is 4. The number of benzene rings is 2. The number of unbranched alkanes of at least 4 members (excludes halogenated alkanes) is 1. The van der Waals surface area contributed by atoms with E-state index < -0.39 is 5.97 Å². The SMILES string of the molecule is CCCCOc1c([C@@H]2C[C@H]2c2ccccc2)oc2ccc(C(=O)O)cc2c1=O. The molecular formula is C23H22O5. The average molecular weight is 378 g/mol. The molecule has 1 fully saturated rings. The molecule has 1 aliphatic carbocycles. The van der Waals surface area contributed by atoms with Gasteiger partial charge in [-0.2, -0.15) is 0 Å². The average Bonchev–Trinajstić information content (AvgIpc) is 3.50. The lowest BCUT2D eigenvalue weighted by Gasteiger charge is -2.12.